The molecular weight excluding hydrogens is 262 g/mol. The molecule has 0 aromatic rings. The number of carboxylic acids is 1. The molecule has 1 atom stereocenters. The Morgan fingerprint density at radius 1 is 1.35 bits per heavy atom. The van der Waals surface area contributed by atoms with Gasteiger partial charge in [-0.15, -0.1) is 0 Å². The topological polar surface area (TPSA) is 76.1 Å². The van der Waals surface area contributed by atoms with Crippen LogP contribution in [0, 0.1) is 11.3 Å². The molecule has 20 heavy (non-hydrogen) atoms. The van der Waals surface area contributed by atoms with E-state index in [9.17, 15) is 14.7 Å². The average Bonchev–Trinajstić information content (AvgIpc) is 2.40. The summed E-state index contributed by atoms with van der Waals surface area (Å²) in [6.07, 6.45) is 0.263. The van der Waals surface area contributed by atoms with Gasteiger partial charge < -0.3 is 14.6 Å². The van der Waals surface area contributed by atoms with E-state index in [-0.39, 0.29) is 18.9 Å². The van der Waals surface area contributed by atoms with E-state index in [0.29, 0.717) is 19.8 Å². The minimum Gasteiger partial charge on any atom is -0.480 e. The molecule has 0 amide bonds. The van der Waals surface area contributed by atoms with Gasteiger partial charge in [0.15, 0.2) is 5.41 Å². The molecule has 0 bridgehead atoms. The van der Waals surface area contributed by atoms with Crippen molar-refractivity contribution in [2.75, 3.05) is 39.5 Å². The van der Waals surface area contributed by atoms with Crippen molar-refractivity contribution < 1.29 is 24.2 Å². The van der Waals surface area contributed by atoms with E-state index in [0.717, 1.165) is 13.1 Å². The number of hydrogen-bond donors (Lipinski definition) is 1. The number of hydrogen-bond acceptors (Lipinski definition) is 5. The van der Waals surface area contributed by atoms with Crippen LogP contribution in [-0.4, -0.2) is 61.4 Å². The van der Waals surface area contributed by atoms with E-state index in [4.69, 9.17) is 9.47 Å². The average molecular weight is 287 g/mol. The zero-order chi connectivity index (χ0) is 15.2. The molecule has 1 heterocycles. The summed E-state index contributed by atoms with van der Waals surface area (Å²) in [5, 5.41) is 9.58. The van der Waals surface area contributed by atoms with Crippen LogP contribution in [-0.2, 0) is 19.1 Å². The number of carbonyl (C=O) groups is 2. The Labute approximate surface area is 120 Å². The molecule has 0 aromatic carbocycles. The number of carboxylic acid groups (broad SMARTS) is 1. The van der Waals surface area contributed by atoms with Gasteiger partial charge in [-0.3, -0.25) is 14.5 Å². The van der Waals surface area contributed by atoms with Crippen molar-refractivity contribution in [2.45, 2.75) is 27.2 Å². The second-order valence-electron chi connectivity index (χ2n) is 5.36. The third-order valence-electron chi connectivity index (χ3n) is 3.93. The van der Waals surface area contributed by atoms with Crippen LogP contribution in [0.2, 0.25) is 0 Å². The predicted octanol–water partition coefficient (Wildman–Crippen LogP) is 0.999. The number of aliphatic carboxylic acids is 1. The van der Waals surface area contributed by atoms with E-state index < -0.39 is 17.4 Å². The first-order chi connectivity index (χ1) is 9.45. The summed E-state index contributed by atoms with van der Waals surface area (Å²) >= 11 is 0. The minimum absolute atomic E-state index is 0.193. The first-order valence-electron chi connectivity index (χ1n) is 7.15. The first kappa shape index (κ1) is 16.9. The smallest absolute Gasteiger partial charge is 0.323 e. The van der Waals surface area contributed by atoms with Gasteiger partial charge in [0.05, 0.1) is 19.8 Å². The molecule has 1 fully saturated rings. The maximum Gasteiger partial charge on any atom is 0.323 e. The van der Waals surface area contributed by atoms with Gasteiger partial charge in [-0.2, -0.15) is 0 Å². The molecule has 1 unspecified atom stereocenters. The highest BCUT2D eigenvalue weighted by molar-refractivity contribution is 5.99. The Kier molecular flexibility index (Phi) is 6.42. The van der Waals surface area contributed by atoms with Crippen LogP contribution in [0.5, 0.6) is 0 Å². The van der Waals surface area contributed by atoms with Gasteiger partial charge in [0.2, 0.25) is 0 Å². The number of carbonyl (C=O) groups excluding carboxylic acids is 1. The van der Waals surface area contributed by atoms with Crippen molar-refractivity contribution in [2.24, 2.45) is 11.3 Å². The van der Waals surface area contributed by atoms with Crippen molar-refractivity contribution in [1.82, 2.24) is 4.90 Å². The second-order valence-corrected chi connectivity index (χ2v) is 5.36. The van der Waals surface area contributed by atoms with Gasteiger partial charge in [0.25, 0.3) is 0 Å². The molecule has 6 heteroatoms. The van der Waals surface area contributed by atoms with Crippen molar-refractivity contribution in [3.8, 4) is 0 Å². The Hall–Kier alpha value is -1.14. The third kappa shape index (κ3) is 3.70. The molecule has 1 N–H and O–H groups in total. The monoisotopic (exact) mass is 287 g/mol. The fourth-order valence-corrected chi connectivity index (χ4v) is 2.49. The van der Waals surface area contributed by atoms with Gasteiger partial charge in [-0.25, -0.2) is 0 Å². The number of rotatable bonds is 7. The fraction of sp³-hybridized carbons (Fsp3) is 0.857. The molecule has 0 saturated carbocycles. The van der Waals surface area contributed by atoms with Crippen LogP contribution in [0.4, 0.5) is 0 Å². The lowest BCUT2D eigenvalue weighted by molar-refractivity contribution is -0.173. The lowest BCUT2D eigenvalue weighted by Crippen LogP contribution is -2.48. The van der Waals surface area contributed by atoms with E-state index >= 15 is 0 Å². The first-order valence-corrected chi connectivity index (χ1v) is 7.15. The summed E-state index contributed by atoms with van der Waals surface area (Å²) in [4.78, 5) is 26.0. The summed E-state index contributed by atoms with van der Waals surface area (Å²) in [5.74, 6) is -2.05. The van der Waals surface area contributed by atoms with Gasteiger partial charge in [0, 0.05) is 19.6 Å². The van der Waals surface area contributed by atoms with Crippen LogP contribution in [0.25, 0.3) is 0 Å². The van der Waals surface area contributed by atoms with Gasteiger partial charge in [-0.1, -0.05) is 13.8 Å². The Morgan fingerprint density at radius 3 is 2.40 bits per heavy atom. The Morgan fingerprint density at radius 2 is 1.95 bits per heavy atom. The standard InChI is InChI=1S/C14H25NO5/c1-4-20-13(18)14(11(2)3,12(16)17)5-6-15-7-9-19-10-8-15/h11H,4-10H2,1-3H3,(H,16,17). The predicted molar refractivity (Wildman–Crippen MR) is 73.4 cm³/mol. The van der Waals surface area contributed by atoms with E-state index in [1.54, 1.807) is 20.8 Å². The van der Waals surface area contributed by atoms with E-state index in [1.807, 2.05) is 0 Å². The van der Waals surface area contributed by atoms with E-state index in [1.165, 1.54) is 0 Å². The summed E-state index contributed by atoms with van der Waals surface area (Å²) < 4.78 is 10.3. The van der Waals surface area contributed by atoms with Crippen molar-refractivity contribution >= 4 is 11.9 Å². The maximum absolute atomic E-state index is 12.2. The van der Waals surface area contributed by atoms with Gasteiger partial charge in [0.1, 0.15) is 0 Å². The number of nitrogens with zero attached hydrogens (tertiary/aromatic N) is 1. The quantitative estimate of drug-likeness (QED) is 0.556. The van der Waals surface area contributed by atoms with Crippen LogP contribution in [0.15, 0.2) is 0 Å². The lowest BCUT2D eigenvalue weighted by atomic mass is 9.74. The number of esters is 1. The third-order valence-corrected chi connectivity index (χ3v) is 3.93. The Balaban J connectivity index is 2.80. The fourth-order valence-electron chi connectivity index (χ4n) is 2.49. The van der Waals surface area contributed by atoms with Crippen molar-refractivity contribution in [3.63, 3.8) is 0 Å². The molecule has 1 aliphatic heterocycles. The molecule has 0 spiro atoms. The molecule has 1 saturated heterocycles. The summed E-state index contributed by atoms with van der Waals surface area (Å²) in [6, 6.07) is 0. The van der Waals surface area contributed by atoms with Crippen molar-refractivity contribution in [1.29, 1.82) is 0 Å². The lowest BCUT2D eigenvalue weighted by Gasteiger charge is -2.34. The van der Waals surface area contributed by atoms with E-state index in [2.05, 4.69) is 4.90 Å². The van der Waals surface area contributed by atoms with Crippen molar-refractivity contribution in [3.05, 3.63) is 0 Å². The highest BCUT2D eigenvalue weighted by Gasteiger charge is 2.50. The zero-order valence-electron chi connectivity index (χ0n) is 12.6. The summed E-state index contributed by atoms with van der Waals surface area (Å²) in [6.45, 7) is 8.81. The highest BCUT2D eigenvalue weighted by atomic mass is 16.5. The number of ether oxygens (including phenoxy) is 2. The minimum atomic E-state index is -1.46. The molecule has 0 aromatic heterocycles. The zero-order valence-corrected chi connectivity index (χ0v) is 12.6. The molecule has 6 nitrogen and oxygen atoms in total. The normalized spacial score (nSPS) is 19.6. The van der Waals surface area contributed by atoms with Gasteiger partial charge in [-0.05, 0) is 19.3 Å². The van der Waals surface area contributed by atoms with Crippen LogP contribution >= 0.6 is 0 Å². The highest BCUT2D eigenvalue weighted by Crippen LogP contribution is 2.34. The molecule has 1 rings (SSSR count). The van der Waals surface area contributed by atoms with Crippen LogP contribution < -0.4 is 0 Å². The SMILES string of the molecule is CCOC(=O)C(CCN1CCOCC1)(C(=O)O)C(C)C. The molecular formula is C14H25NO5. The molecule has 0 aliphatic carbocycles. The second kappa shape index (κ2) is 7.59. The Bertz CT molecular complexity index is 338. The molecule has 1 aliphatic rings. The summed E-state index contributed by atoms with van der Waals surface area (Å²) in [7, 11) is 0. The maximum atomic E-state index is 12.2. The van der Waals surface area contributed by atoms with Crippen LogP contribution in [0.1, 0.15) is 27.2 Å². The molecule has 116 valence electrons. The molecule has 0 radical (unpaired) electrons. The van der Waals surface area contributed by atoms with Gasteiger partial charge >= 0.3 is 11.9 Å². The summed E-state index contributed by atoms with van der Waals surface area (Å²) in [5.41, 5.74) is -1.46. The van der Waals surface area contributed by atoms with Crippen LogP contribution in [0.3, 0.4) is 0 Å². The number of morpholine rings is 1. The largest absolute Gasteiger partial charge is 0.480 e.